The predicted octanol–water partition coefficient (Wildman–Crippen LogP) is 7.10. The van der Waals surface area contributed by atoms with Crippen LogP contribution >= 0.6 is 58.8 Å². The summed E-state index contributed by atoms with van der Waals surface area (Å²) >= 11 is 24.6. The summed E-state index contributed by atoms with van der Waals surface area (Å²) < 4.78 is 11.0. The van der Waals surface area contributed by atoms with E-state index in [1.165, 1.54) is 12.0 Å². The van der Waals surface area contributed by atoms with E-state index in [-0.39, 0.29) is 16.5 Å². The second-order valence-corrected chi connectivity index (χ2v) is 9.40. The largest absolute Gasteiger partial charge is 0.465 e. The van der Waals surface area contributed by atoms with E-state index in [0.717, 1.165) is 11.8 Å². The van der Waals surface area contributed by atoms with Crippen LogP contribution in [0.1, 0.15) is 16.1 Å². The van der Waals surface area contributed by atoms with Gasteiger partial charge >= 0.3 is 5.97 Å². The Kier molecular flexibility index (Phi) is 6.65. The molecule has 0 unspecified atom stereocenters. The summed E-state index contributed by atoms with van der Waals surface area (Å²) in [6.07, 6.45) is 1.61. The van der Waals surface area contributed by atoms with Gasteiger partial charge in [-0.1, -0.05) is 58.8 Å². The van der Waals surface area contributed by atoms with E-state index in [9.17, 15) is 9.59 Å². The van der Waals surface area contributed by atoms with Crippen molar-refractivity contribution in [3.05, 3.63) is 79.8 Å². The van der Waals surface area contributed by atoms with Gasteiger partial charge in [0, 0.05) is 11.6 Å². The third-order valence-corrected chi connectivity index (χ3v) is 6.88. The van der Waals surface area contributed by atoms with E-state index in [2.05, 4.69) is 0 Å². The minimum Gasteiger partial charge on any atom is -0.465 e. The molecule has 1 aliphatic rings. The molecule has 0 radical (unpaired) electrons. The van der Waals surface area contributed by atoms with E-state index >= 15 is 0 Å². The number of esters is 1. The topological polar surface area (TPSA) is 59.8 Å². The molecule has 0 N–H and O–H groups in total. The number of carbonyl (C=O) groups excluding carboxylic acids is 2. The fourth-order valence-electron chi connectivity index (χ4n) is 2.97. The minimum absolute atomic E-state index is 0.229. The lowest BCUT2D eigenvalue weighted by molar-refractivity contribution is -0.113. The molecule has 2 heterocycles. The van der Waals surface area contributed by atoms with Crippen molar-refractivity contribution in [3.8, 4) is 11.3 Å². The number of amides is 1. The van der Waals surface area contributed by atoms with Crippen molar-refractivity contribution in [3.63, 3.8) is 0 Å². The van der Waals surface area contributed by atoms with Crippen LogP contribution in [0.3, 0.4) is 0 Å². The number of benzene rings is 2. The maximum Gasteiger partial charge on any atom is 0.339 e. The van der Waals surface area contributed by atoms with Crippen LogP contribution in [-0.4, -0.2) is 23.3 Å². The van der Waals surface area contributed by atoms with Crippen molar-refractivity contribution >= 4 is 86.7 Å². The lowest BCUT2D eigenvalue weighted by Crippen LogP contribution is -2.27. The molecule has 1 aromatic heterocycles. The number of methoxy groups -OCH3 is 1. The van der Waals surface area contributed by atoms with Gasteiger partial charge in [0.05, 0.1) is 38.3 Å². The van der Waals surface area contributed by atoms with Crippen LogP contribution in [0.2, 0.25) is 15.1 Å². The van der Waals surface area contributed by atoms with E-state index in [1.807, 2.05) is 0 Å². The summed E-state index contributed by atoms with van der Waals surface area (Å²) in [5, 5.41) is 0.989. The molecular formula is C22H12Cl3NO4S2. The smallest absolute Gasteiger partial charge is 0.339 e. The molecule has 0 spiro atoms. The number of hydrogen-bond acceptors (Lipinski definition) is 6. The Morgan fingerprint density at radius 3 is 2.53 bits per heavy atom. The Bertz CT molecular complexity index is 1300. The lowest BCUT2D eigenvalue weighted by Gasteiger charge is -2.15. The van der Waals surface area contributed by atoms with Crippen LogP contribution in [-0.2, 0) is 9.53 Å². The molecule has 1 fully saturated rings. The number of thioether (sulfide) groups is 1. The normalized spacial score (nSPS) is 15.0. The molecule has 0 saturated carbocycles. The maximum atomic E-state index is 12.9. The summed E-state index contributed by atoms with van der Waals surface area (Å²) in [7, 11) is 1.28. The van der Waals surface area contributed by atoms with Gasteiger partial charge in [-0.3, -0.25) is 9.69 Å². The number of carbonyl (C=O) groups is 2. The van der Waals surface area contributed by atoms with Crippen LogP contribution in [0.5, 0.6) is 0 Å². The van der Waals surface area contributed by atoms with Gasteiger partial charge in [-0.05, 0) is 48.5 Å². The average molecular weight is 525 g/mol. The Morgan fingerprint density at radius 2 is 1.81 bits per heavy atom. The lowest BCUT2D eigenvalue weighted by atomic mass is 10.1. The maximum absolute atomic E-state index is 12.9. The van der Waals surface area contributed by atoms with Gasteiger partial charge in [-0.15, -0.1) is 0 Å². The molecule has 0 aliphatic carbocycles. The van der Waals surface area contributed by atoms with Gasteiger partial charge in [0.15, 0.2) is 4.32 Å². The Labute approximate surface area is 207 Å². The van der Waals surface area contributed by atoms with Gasteiger partial charge < -0.3 is 9.15 Å². The summed E-state index contributed by atoms with van der Waals surface area (Å²) in [6, 6.07) is 13.2. The molecule has 162 valence electrons. The number of ether oxygens (including phenoxy) is 1. The second-order valence-electron chi connectivity index (χ2n) is 6.50. The molecule has 0 bridgehead atoms. The molecule has 3 aromatic rings. The number of anilines is 1. The number of rotatable bonds is 4. The van der Waals surface area contributed by atoms with E-state index in [0.29, 0.717) is 42.0 Å². The Hall–Kier alpha value is -2.29. The standard InChI is InChI=1S/C22H12Cl3NO4S2/c1-29-21(28)14-8-11(2-5-15(14)23)18-7-4-13(30-18)10-19-20(27)26(22(31)32-19)12-3-6-16(24)17(25)9-12/h2-10H,1H3/b19-10-. The van der Waals surface area contributed by atoms with Crippen LogP contribution in [0.4, 0.5) is 5.69 Å². The highest BCUT2D eigenvalue weighted by Gasteiger charge is 2.33. The fraction of sp³-hybridized carbons (Fsp3) is 0.0455. The highest BCUT2D eigenvalue weighted by atomic mass is 35.5. The zero-order valence-electron chi connectivity index (χ0n) is 16.2. The number of hydrogen-bond donors (Lipinski definition) is 0. The van der Waals surface area contributed by atoms with Gasteiger partial charge in [-0.25, -0.2) is 4.79 Å². The molecule has 0 atom stereocenters. The second kappa shape index (κ2) is 9.29. The zero-order valence-corrected chi connectivity index (χ0v) is 20.1. The predicted molar refractivity (Wildman–Crippen MR) is 133 cm³/mol. The highest BCUT2D eigenvalue weighted by Crippen LogP contribution is 2.38. The Balaban J connectivity index is 1.61. The van der Waals surface area contributed by atoms with Crippen molar-refractivity contribution in [1.82, 2.24) is 0 Å². The van der Waals surface area contributed by atoms with Crippen molar-refractivity contribution in [2.75, 3.05) is 12.0 Å². The monoisotopic (exact) mass is 523 g/mol. The molecule has 1 aliphatic heterocycles. The molecule has 1 saturated heterocycles. The molecule has 4 rings (SSSR count). The molecule has 1 amide bonds. The molecule has 10 heteroatoms. The molecule has 32 heavy (non-hydrogen) atoms. The number of furan rings is 1. The van der Waals surface area contributed by atoms with Crippen LogP contribution < -0.4 is 4.90 Å². The number of nitrogens with zero attached hydrogens (tertiary/aromatic N) is 1. The summed E-state index contributed by atoms with van der Waals surface area (Å²) in [4.78, 5) is 26.6. The quantitative estimate of drug-likeness (QED) is 0.206. The first-order valence-corrected chi connectivity index (χ1v) is 11.4. The SMILES string of the molecule is COC(=O)c1cc(-c2ccc(/C=C3\SC(=S)N(c4ccc(Cl)c(Cl)c4)C3=O)o2)ccc1Cl. The van der Waals surface area contributed by atoms with Gasteiger partial charge in [0.2, 0.25) is 0 Å². The van der Waals surface area contributed by atoms with Crippen LogP contribution in [0.15, 0.2) is 57.9 Å². The zero-order chi connectivity index (χ0) is 23.0. The van der Waals surface area contributed by atoms with Crippen molar-refractivity contribution in [1.29, 1.82) is 0 Å². The summed E-state index contributed by atoms with van der Waals surface area (Å²) in [6.45, 7) is 0. The third-order valence-electron chi connectivity index (χ3n) is 4.51. The first-order valence-electron chi connectivity index (χ1n) is 8.99. The average Bonchev–Trinajstić information content (AvgIpc) is 3.34. The molecular weight excluding hydrogens is 513 g/mol. The van der Waals surface area contributed by atoms with Gasteiger partial charge in [0.1, 0.15) is 11.5 Å². The van der Waals surface area contributed by atoms with Crippen LogP contribution in [0, 0.1) is 0 Å². The van der Waals surface area contributed by atoms with Gasteiger partial charge in [-0.2, -0.15) is 0 Å². The highest BCUT2D eigenvalue weighted by molar-refractivity contribution is 8.27. The van der Waals surface area contributed by atoms with Gasteiger partial charge in [0.25, 0.3) is 5.91 Å². The first-order chi connectivity index (χ1) is 15.3. The summed E-state index contributed by atoms with van der Waals surface area (Å²) in [5.41, 5.74) is 1.40. The fourth-order valence-corrected chi connectivity index (χ4v) is 4.74. The molecule has 2 aromatic carbocycles. The van der Waals surface area contributed by atoms with E-state index in [4.69, 9.17) is 56.2 Å². The number of halogens is 3. The van der Waals surface area contributed by atoms with Crippen molar-refractivity contribution < 1.29 is 18.7 Å². The van der Waals surface area contributed by atoms with Crippen molar-refractivity contribution in [2.45, 2.75) is 0 Å². The first kappa shape index (κ1) is 22.9. The third kappa shape index (κ3) is 4.44. The summed E-state index contributed by atoms with van der Waals surface area (Å²) in [5.74, 6) is 0.104. The van der Waals surface area contributed by atoms with E-state index in [1.54, 1.807) is 54.6 Å². The van der Waals surface area contributed by atoms with Crippen LogP contribution in [0.25, 0.3) is 17.4 Å². The minimum atomic E-state index is -0.547. The number of thiocarbonyl (C=S) groups is 1. The Morgan fingerprint density at radius 1 is 1.06 bits per heavy atom. The molecule has 5 nitrogen and oxygen atoms in total. The van der Waals surface area contributed by atoms with E-state index < -0.39 is 5.97 Å². The van der Waals surface area contributed by atoms with Crippen molar-refractivity contribution in [2.24, 2.45) is 0 Å².